The Morgan fingerprint density at radius 1 is 1.60 bits per heavy atom. The summed E-state index contributed by atoms with van der Waals surface area (Å²) in [4.78, 5) is 4.06. The van der Waals surface area contributed by atoms with Crippen molar-refractivity contribution < 1.29 is 0 Å². The monoisotopic (exact) mass is 222 g/mol. The number of pyridine rings is 1. The van der Waals surface area contributed by atoms with Gasteiger partial charge in [-0.1, -0.05) is 18.2 Å². The van der Waals surface area contributed by atoms with Crippen LogP contribution in [0.4, 0.5) is 11.6 Å². The van der Waals surface area contributed by atoms with Gasteiger partial charge in [-0.25, -0.2) is 4.98 Å². The van der Waals surface area contributed by atoms with E-state index in [4.69, 9.17) is 18.0 Å². The summed E-state index contributed by atoms with van der Waals surface area (Å²) in [5.41, 5.74) is 6.54. The average molecular weight is 222 g/mol. The molecule has 0 aliphatic rings. The number of hydrogen-bond donors (Lipinski definition) is 3. The molecule has 0 aromatic carbocycles. The highest BCUT2D eigenvalue weighted by atomic mass is 32.1. The van der Waals surface area contributed by atoms with E-state index in [-0.39, 0.29) is 0 Å². The van der Waals surface area contributed by atoms with Crippen LogP contribution < -0.4 is 16.4 Å². The van der Waals surface area contributed by atoms with Crippen LogP contribution in [0.1, 0.15) is 6.92 Å². The maximum atomic E-state index is 5.53. The number of rotatable bonds is 3. The molecule has 4 nitrogen and oxygen atoms in total. The van der Waals surface area contributed by atoms with E-state index in [0.29, 0.717) is 23.3 Å². The molecule has 1 heterocycles. The molecular weight excluding hydrogens is 208 g/mol. The minimum Gasteiger partial charge on any atom is -0.384 e. The fraction of sp³-hybridized carbons (Fsp3) is 0.200. The van der Waals surface area contributed by atoms with Crippen molar-refractivity contribution in [1.29, 1.82) is 0 Å². The van der Waals surface area contributed by atoms with E-state index < -0.39 is 0 Å². The van der Waals surface area contributed by atoms with Gasteiger partial charge in [-0.2, -0.15) is 0 Å². The lowest BCUT2D eigenvalue weighted by molar-refractivity contribution is 0.998. The highest BCUT2D eigenvalue weighted by molar-refractivity contribution is 7.80. The van der Waals surface area contributed by atoms with Crippen LogP contribution in [0, 0.1) is 0 Å². The van der Waals surface area contributed by atoms with Crippen molar-refractivity contribution in [3.8, 4) is 0 Å². The number of nitrogen functional groups attached to an aromatic ring is 1. The molecule has 0 spiro atoms. The number of anilines is 2. The fourth-order valence-electron chi connectivity index (χ4n) is 0.913. The highest BCUT2D eigenvalue weighted by Gasteiger charge is 1.98. The van der Waals surface area contributed by atoms with Gasteiger partial charge in [0.15, 0.2) is 5.11 Å². The van der Waals surface area contributed by atoms with Gasteiger partial charge < -0.3 is 16.4 Å². The Morgan fingerprint density at radius 3 is 2.93 bits per heavy atom. The molecular formula is C10H14N4S. The first kappa shape index (κ1) is 11.5. The van der Waals surface area contributed by atoms with Gasteiger partial charge in [0.1, 0.15) is 11.6 Å². The van der Waals surface area contributed by atoms with Crippen molar-refractivity contribution in [2.45, 2.75) is 6.92 Å². The molecule has 0 atom stereocenters. The quantitative estimate of drug-likeness (QED) is 0.534. The number of nitrogens with two attached hydrogens (primary N) is 1. The molecule has 0 aliphatic heterocycles. The molecule has 0 unspecified atom stereocenters. The van der Waals surface area contributed by atoms with E-state index in [2.05, 4.69) is 22.2 Å². The predicted octanol–water partition coefficient (Wildman–Crippen LogP) is 1.53. The number of nitrogens with zero attached hydrogens (tertiary/aromatic N) is 1. The Hall–Kier alpha value is -1.62. The van der Waals surface area contributed by atoms with E-state index >= 15 is 0 Å². The number of aromatic nitrogens is 1. The summed E-state index contributed by atoms with van der Waals surface area (Å²) >= 11 is 5.05. The second-order valence-corrected chi connectivity index (χ2v) is 3.62. The summed E-state index contributed by atoms with van der Waals surface area (Å²) in [7, 11) is 0. The minimum absolute atomic E-state index is 0.461. The van der Waals surface area contributed by atoms with Gasteiger partial charge in [0, 0.05) is 6.54 Å². The number of thiocarbonyl (C=S) groups is 1. The van der Waals surface area contributed by atoms with Crippen LogP contribution in [0.2, 0.25) is 0 Å². The summed E-state index contributed by atoms with van der Waals surface area (Å²) in [6.45, 7) is 6.33. The molecule has 0 amide bonds. The lowest BCUT2D eigenvalue weighted by atomic mass is 10.3. The summed E-state index contributed by atoms with van der Waals surface area (Å²) in [6, 6.07) is 5.33. The molecule has 1 rings (SSSR count). The normalized spacial score (nSPS) is 9.40. The third-order valence-electron chi connectivity index (χ3n) is 1.56. The van der Waals surface area contributed by atoms with Crippen LogP contribution >= 0.6 is 12.2 Å². The molecule has 1 aromatic rings. The van der Waals surface area contributed by atoms with Crippen LogP contribution in [-0.2, 0) is 0 Å². The highest BCUT2D eigenvalue weighted by Crippen LogP contribution is 2.05. The van der Waals surface area contributed by atoms with E-state index in [1.165, 1.54) is 0 Å². The first-order valence-electron chi connectivity index (χ1n) is 4.49. The third-order valence-corrected chi connectivity index (χ3v) is 1.81. The Balaban J connectivity index is 2.48. The molecule has 80 valence electrons. The zero-order chi connectivity index (χ0) is 11.3. The summed E-state index contributed by atoms with van der Waals surface area (Å²) in [5.74, 6) is 1.09. The maximum Gasteiger partial charge on any atom is 0.172 e. The van der Waals surface area contributed by atoms with Gasteiger partial charge in [0.25, 0.3) is 0 Å². The SMILES string of the molecule is C=C(C)CNC(=S)Nc1cccc(N)n1. The fourth-order valence-corrected chi connectivity index (χ4v) is 1.09. The van der Waals surface area contributed by atoms with Crippen LogP contribution in [0.15, 0.2) is 30.4 Å². The second kappa shape index (κ2) is 5.31. The minimum atomic E-state index is 0.461. The zero-order valence-corrected chi connectivity index (χ0v) is 9.40. The van der Waals surface area contributed by atoms with Gasteiger partial charge in [0.2, 0.25) is 0 Å². The van der Waals surface area contributed by atoms with E-state index in [9.17, 15) is 0 Å². The summed E-state index contributed by atoms with van der Waals surface area (Å²) in [6.07, 6.45) is 0. The zero-order valence-electron chi connectivity index (χ0n) is 8.58. The van der Waals surface area contributed by atoms with E-state index in [1.54, 1.807) is 12.1 Å². The molecule has 0 bridgehead atoms. The Bertz CT molecular complexity index is 375. The smallest absolute Gasteiger partial charge is 0.172 e. The van der Waals surface area contributed by atoms with Crippen LogP contribution in [0.5, 0.6) is 0 Å². The van der Waals surface area contributed by atoms with Gasteiger partial charge in [-0.15, -0.1) is 0 Å². The predicted molar refractivity (Wildman–Crippen MR) is 67.7 cm³/mol. The van der Waals surface area contributed by atoms with Crippen molar-refractivity contribution in [2.75, 3.05) is 17.6 Å². The Labute approximate surface area is 94.6 Å². The molecule has 5 heteroatoms. The standard InChI is InChI=1S/C10H14N4S/c1-7(2)6-12-10(15)14-9-5-3-4-8(11)13-9/h3-5H,1,6H2,2H3,(H4,11,12,13,14,15). The van der Waals surface area contributed by atoms with E-state index in [1.807, 2.05) is 13.0 Å². The Morgan fingerprint density at radius 2 is 2.33 bits per heavy atom. The van der Waals surface area contributed by atoms with E-state index in [0.717, 1.165) is 5.57 Å². The van der Waals surface area contributed by atoms with Gasteiger partial charge in [-0.05, 0) is 31.3 Å². The lowest BCUT2D eigenvalue weighted by Crippen LogP contribution is -2.29. The van der Waals surface area contributed by atoms with Crippen molar-refractivity contribution >= 4 is 29.0 Å². The Kier molecular flexibility index (Phi) is 4.05. The average Bonchev–Trinajstić information content (AvgIpc) is 2.15. The molecule has 1 aromatic heterocycles. The van der Waals surface area contributed by atoms with Gasteiger partial charge in [0.05, 0.1) is 0 Å². The summed E-state index contributed by atoms with van der Waals surface area (Å²) in [5, 5.41) is 6.43. The van der Waals surface area contributed by atoms with Crippen molar-refractivity contribution in [3.05, 3.63) is 30.4 Å². The van der Waals surface area contributed by atoms with Crippen LogP contribution in [0.25, 0.3) is 0 Å². The summed E-state index contributed by atoms with van der Waals surface area (Å²) < 4.78 is 0. The van der Waals surface area contributed by atoms with Crippen molar-refractivity contribution in [1.82, 2.24) is 10.3 Å². The van der Waals surface area contributed by atoms with Crippen LogP contribution in [0.3, 0.4) is 0 Å². The molecule has 0 fully saturated rings. The van der Waals surface area contributed by atoms with Gasteiger partial charge >= 0.3 is 0 Å². The molecule has 0 saturated heterocycles. The maximum absolute atomic E-state index is 5.53. The molecule has 4 N–H and O–H groups in total. The van der Waals surface area contributed by atoms with Gasteiger partial charge in [-0.3, -0.25) is 0 Å². The largest absolute Gasteiger partial charge is 0.384 e. The first-order valence-corrected chi connectivity index (χ1v) is 4.90. The second-order valence-electron chi connectivity index (χ2n) is 3.21. The lowest BCUT2D eigenvalue weighted by Gasteiger charge is -2.09. The molecule has 0 aliphatic carbocycles. The number of nitrogens with one attached hydrogen (secondary N) is 2. The van der Waals surface area contributed by atoms with Crippen molar-refractivity contribution in [2.24, 2.45) is 0 Å². The van der Waals surface area contributed by atoms with Crippen molar-refractivity contribution in [3.63, 3.8) is 0 Å². The molecule has 15 heavy (non-hydrogen) atoms. The third kappa shape index (κ3) is 4.42. The first-order chi connectivity index (χ1) is 7.08. The topological polar surface area (TPSA) is 63.0 Å². The van der Waals surface area contributed by atoms with Crippen LogP contribution in [-0.4, -0.2) is 16.6 Å². The number of hydrogen-bond acceptors (Lipinski definition) is 3. The molecule has 0 saturated carbocycles. The molecule has 0 radical (unpaired) electrons.